The number of hydrogen-bond acceptors (Lipinski definition) is 7. The highest BCUT2D eigenvalue weighted by molar-refractivity contribution is 5.74. The highest BCUT2D eigenvalue weighted by atomic mass is 16.2. The van der Waals surface area contributed by atoms with Gasteiger partial charge in [-0.1, -0.05) is 5.92 Å². The largest absolute Gasteiger partial charge is 0.398 e. The van der Waals surface area contributed by atoms with E-state index >= 15 is 0 Å². The molecule has 0 fully saturated rings. The molecule has 0 aromatic carbocycles. The minimum absolute atomic E-state index is 0.0136. The second kappa shape index (κ2) is 8.20. The molecule has 4 N–H and O–H groups in total. The van der Waals surface area contributed by atoms with Crippen molar-refractivity contribution in [3.05, 3.63) is 44.9 Å². The van der Waals surface area contributed by atoms with Crippen LogP contribution < -0.4 is 27.6 Å². The van der Waals surface area contributed by atoms with Crippen molar-refractivity contribution >= 4 is 22.8 Å². The van der Waals surface area contributed by atoms with E-state index in [1.807, 2.05) is 11.9 Å². The van der Waals surface area contributed by atoms with Crippen molar-refractivity contribution in [3.8, 4) is 11.8 Å². The summed E-state index contributed by atoms with van der Waals surface area (Å²) < 4.78 is 4.21. The fourth-order valence-electron chi connectivity index (χ4n) is 3.13. The average molecular weight is 396 g/mol. The summed E-state index contributed by atoms with van der Waals surface area (Å²) in [4.78, 5) is 36.7. The molecule has 29 heavy (non-hydrogen) atoms. The van der Waals surface area contributed by atoms with Crippen LogP contribution in [0.1, 0.15) is 12.5 Å². The molecule has 10 heteroatoms. The molecule has 3 aromatic heterocycles. The Morgan fingerprint density at radius 1 is 1.28 bits per heavy atom. The monoisotopic (exact) mass is 396 g/mol. The Balaban J connectivity index is 2.30. The minimum atomic E-state index is -0.481. The summed E-state index contributed by atoms with van der Waals surface area (Å²) in [5, 5.41) is 0. The maximum Gasteiger partial charge on any atom is 0.332 e. The lowest BCUT2D eigenvalue weighted by atomic mass is 10.2. The van der Waals surface area contributed by atoms with Crippen LogP contribution in [0.25, 0.3) is 11.2 Å². The van der Waals surface area contributed by atoms with Crippen molar-refractivity contribution in [2.75, 3.05) is 30.8 Å². The first-order valence-corrected chi connectivity index (χ1v) is 9.09. The molecule has 0 aliphatic carbocycles. The predicted molar refractivity (Wildman–Crippen MR) is 113 cm³/mol. The van der Waals surface area contributed by atoms with Gasteiger partial charge >= 0.3 is 5.69 Å². The number of nitrogens with two attached hydrogens (primary N) is 2. The van der Waals surface area contributed by atoms with Crippen molar-refractivity contribution < 1.29 is 0 Å². The molecule has 0 radical (unpaired) electrons. The molecule has 0 atom stereocenters. The van der Waals surface area contributed by atoms with Crippen molar-refractivity contribution in [2.45, 2.75) is 20.0 Å². The van der Waals surface area contributed by atoms with Gasteiger partial charge in [-0.2, -0.15) is 4.98 Å². The van der Waals surface area contributed by atoms with Gasteiger partial charge in [0.1, 0.15) is 0 Å². The van der Waals surface area contributed by atoms with Crippen LogP contribution >= 0.6 is 0 Å². The summed E-state index contributed by atoms with van der Waals surface area (Å²) in [5.74, 6) is 6.33. The Morgan fingerprint density at radius 3 is 2.69 bits per heavy atom. The zero-order chi connectivity index (χ0) is 21.1. The lowest BCUT2D eigenvalue weighted by Crippen LogP contribution is -2.40. The fourth-order valence-corrected chi connectivity index (χ4v) is 3.13. The van der Waals surface area contributed by atoms with Crippen LogP contribution in [0.4, 0.5) is 11.6 Å². The Morgan fingerprint density at radius 2 is 2.03 bits per heavy atom. The van der Waals surface area contributed by atoms with Crippen LogP contribution in [0.5, 0.6) is 0 Å². The van der Waals surface area contributed by atoms with Crippen LogP contribution in [-0.4, -0.2) is 43.8 Å². The topological polar surface area (TPSA) is 130 Å². The molecular formula is C19H24N8O2. The highest BCUT2D eigenvalue weighted by Gasteiger charge is 2.22. The van der Waals surface area contributed by atoms with E-state index in [-0.39, 0.29) is 13.1 Å². The fraction of sp³-hybridized carbons (Fsp3) is 0.368. The predicted octanol–water partition coefficient (Wildman–Crippen LogP) is -0.660. The molecule has 3 aromatic rings. The second-order valence-corrected chi connectivity index (χ2v) is 6.61. The first-order valence-electron chi connectivity index (χ1n) is 9.09. The molecule has 152 valence electrons. The van der Waals surface area contributed by atoms with Crippen LogP contribution in [0.2, 0.25) is 0 Å². The molecule has 3 rings (SSSR count). The minimum Gasteiger partial charge on any atom is -0.398 e. The number of nitrogen functional groups attached to an aromatic ring is 1. The molecule has 0 bridgehead atoms. The maximum atomic E-state index is 13.3. The average Bonchev–Trinajstić information content (AvgIpc) is 3.09. The Kier molecular flexibility index (Phi) is 5.70. The first-order chi connectivity index (χ1) is 13.9. The van der Waals surface area contributed by atoms with Gasteiger partial charge in [-0.3, -0.25) is 23.5 Å². The van der Waals surface area contributed by atoms with Gasteiger partial charge in [0, 0.05) is 50.8 Å². The van der Waals surface area contributed by atoms with Crippen molar-refractivity contribution in [3.63, 3.8) is 0 Å². The second-order valence-electron chi connectivity index (χ2n) is 6.61. The van der Waals surface area contributed by atoms with E-state index in [1.165, 1.54) is 4.57 Å². The van der Waals surface area contributed by atoms with Crippen molar-refractivity contribution in [1.82, 2.24) is 23.7 Å². The standard InChI is InChI=1S/C19H24N8O2/c1-4-5-9-26-15-16(23-18(26)24(2)10-7-20)25(3)19(29)27(17(15)28)12-13-11-22-8-6-14(13)21/h6,8,11H,7,9-10,12,20H2,1-3H3,(H2,21,22). The van der Waals surface area contributed by atoms with Gasteiger partial charge in [0.2, 0.25) is 5.95 Å². The number of imidazole rings is 1. The van der Waals surface area contributed by atoms with Crippen LogP contribution in [-0.2, 0) is 20.1 Å². The summed E-state index contributed by atoms with van der Waals surface area (Å²) in [6.07, 6.45) is 3.10. The summed E-state index contributed by atoms with van der Waals surface area (Å²) >= 11 is 0. The number of likely N-dealkylation sites (N-methyl/N-ethyl adjacent to an activating group) is 1. The molecular weight excluding hydrogens is 372 g/mol. The number of pyridine rings is 1. The third-order valence-corrected chi connectivity index (χ3v) is 4.70. The molecule has 0 amide bonds. The van der Waals surface area contributed by atoms with Crippen LogP contribution in [0, 0.1) is 11.8 Å². The lowest BCUT2D eigenvalue weighted by Gasteiger charge is -2.17. The summed E-state index contributed by atoms with van der Waals surface area (Å²) in [5.41, 5.74) is 12.4. The van der Waals surface area contributed by atoms with Gasteiger partial charge in [0.25, 0.3) is 5.56 Å². The van der Waals surface area contributed by atoms with Gasteiger partial charge in [0.15, 0.2) is 11.2 Å². The zero-order valence-corrected chi connectivity index (χ0v) is 16.7. The Hall–Kier alpha value is -3.58. The van der Waals surface area contributed by atoms with E-state index in [1.54, 1.807) is 37.0 Å². The number of aromatic nitrogens is 5. The van der Waals surface area contributed by atoms with E-state index in [2.05, 4.69) is 21.8 Å². The molecule has 0 saturated heterocycles. The zero-order valence-electron chi connectivity index (χ0n) is 16.7. The molecule has 3 heterocycles. The van der Waals surface area contributed by atoms with Gasteiger partial charge in [0.05, 0.1) is 13.1 Å². The van der Waals surface area contributed by atoms with Crippen molar-refractivity contribution in [1.29, 1.82) is 0 Å². The first kappa shape index (κ1) is 20.2. The highest BCUT2D eigenvalue weighted by Crippen LogP contribution is 2.18. The maximum absolute atomic E-state index is 13.3. The SMILES string of the molecule is CC#CCn1c(N(C)CCN)nc2c1c(=O)n(Cc1cnccc1N)c(=O)n2C. The number of rotatable bonds is 6. The quantitative estimate of drug-likeness (QED) is 0.529. The number of aryl methyl sites for hydroxylation is 1. The third kappa shape index (κ3) is 3.60. The molecule has 0 aliphatic heterocycles. The smallest absolute Gasteiger partial charge is 0.332 e. The lowest BCUT2D eigenvalue weighted by molar-refractivity contribution is 0.653. The van der Waals surface area contributed by atoms with E-state index in [0.717, 1.165) is 4.57 Å². The van der Waals surface area contributed by atoms with Crippen molar-refractivity contribution in [2.24, 2.45) is 12.8 Å². The Labute approximate surface area is 167 Å². The van der Waals surface area contributed by atoms with Crippen LogP contribution in [0.3, 0.4) is 0 Å². The van der Waals surface area contributed by atoms with Gasteiger partial charge < -0.3 is 16.4 Å². The molecule has 0 aliphatic rings. The summed E-state index contributed by atoms with van der Waals surface area (Å²) in [6, 6.07) is 1.63. The van der Waals surface area contributed by atoms with Gasteiger partial charge in [-0.15, -0.1) is 5.92 Å². The Bertz CT molecular complexity index is 1230. The number of fused-ring (bicyclic) bond motifs is 1. The number of hydrogen-bond donors (Lipinski definition) is 2. The van der Waals surface area contributed by atoms with Gasteiger partial charge in [-0.25, -0.2) is 4.79 Å². The molecule has 0 spiro atoms. The van der Waals surface area contributed by atoms with Gasteiger partial charge in [-0.05, 0) is 13.0 Å². The van der Waals surface area contributed by atoms with Crippen LogP contribution in [0.15, 0.2) is 28.0 Å². The number of anilines is 2. The molecule has 0 saturated carbocycles. The molecule has 0 unspecified atom stereocenters. The summed E-state index contributed by atoms with van der Waals surface area (Å²) in [7, 11) is 3.42. The number of nitrogens with zero attached hydrogens (tertiary/aromatic N) is 6. The third-order valence-electron chi connectivity index (χ3n) is 4.70. The van der Waals surface area contributed by atoms with E-state index in [0.29, 0.717) is 41.5 Å². The normalized spacial score (nSPS) is 10.8. The van der Waals surface area contributed by atoms with E-state index in [4.69, 9.17) is 11.5 Å². The van der Waals surface area contributed by atoms with E-state index < -0.39 is 11.2 Å². The molecule has 10 nitrogen and oxygen atoms in total. The summed E-state index contributed by atoms with van der Waals surface area (Å²) in [6.45, 7) is 2.96. The van der Waals surface area contributed by atoms with E-state index in [9.17, 15) is 9.59 Å².